The minimum absolute atomic E-state index is 0.0385. The third-order valence-electron chi connectivity index (χ3n) is 3.86. The van der Waals surface area contributed by atoms with E-state index in [1.165, 1.54) is 0 Å². The molecular formula is C21H22ClNO4. The molecule has 2 aromatic rings. The van der Waals surface area contributed by atoms with Gasteiger partial charge in [0.2, 0.25) is 0 Å². The monoisotopic (exact) mass is 387 g/mol. The summed E-state index contributed by atoms with van der Waals surface area (Å²) >= 11 is 5.78. The second-order valence-corrected chi connectivity index (χ2v) is 6.42. The van der Waals surface area contributed by atoms with Crippen molar-refractivity contribution < 1.29 is 19.1 Å². The zero-order chi connectivity index (χ0) is 19.5. The fourth-order valence-electron chi connectivity index (χ4n) is 2.40. The zero-order valence-electron chi connectivity index (χ0n) is 14.9. The molecule has 0 aliphatic rings. The number of esters is 1. The van der Waals surface area contributed by atoms with Gasteiger partial charge in [-0.2, -0.15) is 0 Å². The van der Waals surface area contributed by atoms with Crippen LogP contribution in [-0.4, -0.2) is 30.8 Å². The summed E-state index contributed by atoms with van der Waals surface area (Å²) in [4.78, 5) is 35.5. The molecule has 0 fully saturated rings. The molecule has 6 heteroatoms. The minimum Gasteiger partial charge on any atom is -0.466 e. The highest BCUT2D eigenvalue weighted by atomic mass is 35.5. The van der Waals surface area contributed by atoms with Gasteiger partial charge in [-0.25, -0.2) is 0 Å². The number of ketones is 1. The summed E-state index contributed by atoms with van der Waals surface area (Å²) in [7, 11) is 0. The molecule has 0 aromatic heterocycles. The van der Waals surface area contributed by atoms with Crippen LogP contribution in [0.1, 0.15) is 46.4 Å². The van der Waals surface area contributed by atoms with Crippen molar-refractivity contribution >= 4 is 29.3 Å². The predicted molar refractivity (Wildman–Crippen MR) is 104 cm³/mol. The molecule has 0 unspecified atom stereocenters. The number of rotatable bonds is 10. The average molecular weight is 388 g/mol. The van der Waals surface area contributed by atoms with Gasteiger partial charge < -0.3 is 10.1 Å². The van der Waals surface area contributed by atoms with Gasteiger partial charge in [0.15, 0.2) is 5.78 Å². The molecule has 0 radical (unpaired) electrons. The minimum atomic E-state index is -0.331. The van der Waals surface area contributed by atoms with E-state index >= 15 is 0 Å². The third-order valence-corrected chi connectivity index (χ3v) is 4.11. The van der Waals surface area contributed by atoms with Gasteiger partial charge in [0.25, 0.3) is 5.91 Å². The number of carbonyl (C=O) groups is 3. The molecule has 0 saturated heterocycles. The molecule has 0 saturated carbocycles. The molecule has 2 aromatic carbocycles. The first-order chi connectivity index (χ1) is 13.1. The van der Waals surface area contributed by atoms with E-state index in [0.717, 1.165) is 0 Å². The molecule has 0 bridgehead atoms. The van der Waals surface area contributed by atoms with E-state index in [9.17, 15) is 14.4 Å². The van der Waals surface area contributed by atoms with E-state index < -0.39 is 0 Å². The number of Topliss-reactive ketones (excluding diaryl/α,β-unsaturated/α-hetero) is 1. The van der Waals surface area contributed by atoms with Gasteiger partial charge in [0, 0.05) is 35.5 Å². The first kappa shape index (κ1) is 20.6. The van der Waals surface area contributed by atoms with Crippen molar-refractivity contribution in [3.8, 4) is 0 Å². The van der Waals surface area contributed by atoms with Crippen LogP contribution >= 0.6 is 11.6 Å². The normalized spacial score (nSPS) is 10.3. The Balaban J connectivity index is 1.54. The van der Waals surface area contributed by atoms with Crippen LogP contribution in [-0.2, 0) is 9.53 Å². The lowest BCUT2D eigenvalue weighted by molar-refractivity contribution is -0.143. The Labute approximate surface area is 163 Å². The fraction of sp³-hybridized carbons (Fsp3) is 0.286. The maximum Gasteiger partial charge on any atom is 0.305 e. The largest absolute Gasteiger partial charge is 0.466 e. The van der Waals surface area contributed by atoms with Crippen LogP contribution in [0, 0.1) is 0 Å². The summed E-state index contributed by atoms with van der Waals surface area (Å²) < 4.78 is 5.11. The Morgan fingerprint density at radius 2 is 1.56 bits per heavy atom. The van der Waals surface area contributed by atoms with E-state index in [1.807, 2.05) is 18.2 Å². The van der Waals surface area contributed by atoms with Gasteiger partial charge in [0.05, 0.1) is 6.61 Å². The molecule has 27 heavy (non-hydrogen) atoms. The third kappa shape index (κ3) is 7.62. The second kappa shape index (κ2) is 11.1. The fourth-order valence-corrected chi connectivity index (χ4v) is 2.52. The first-order valence-electron chi connectivity index (χ1n) is 8.84. The van der Waals surface area contributed by atoms with E-state index in [0.29, 0.717) is 42.0 Å². The van der Waals surface area contributed by atoms with Crippen molar-refractivity contribution in [2.24, 2.45) is 0 Å². The number of benzene rings is 2. The Hall–Kier alpha value is -2.66. The van der Waals surface area contributed by atoms with Crippen LogP contribution in [0.15, 0.2) is 54.6 Å². The lowest BCUT2D eigenvalue weighted by atomic mass is 10.1. The number of carbonyl (C=O) groups excluding carboxylic acids is 3. The summed E-state index contributed by atoms with van der Waals surface area (Å²) in [6.07, 6.45) is 1.54. The number of amides is 1. The molecule has 0 atom stereocenters. The Morgan fingerprint density at radius 1 is 0.852 bits per heavy atom. The van der Waals surface area contributed by atoms with E-state index in [1.54, 1.807) is 36.4 Å². The maximum absolute atomic E-state index is 11.9. The van der Waals surface area contributed by atoms with Crippen LogP contribution in [0.3, 0.4) is 0 Å². The van der Waals surface area contributed by atoms with Crippen LogP contribution in [0.25, 0.3) is 0 Å². The molecule has 5 nitrogen and oxygen atoms in total. The molecule has 0 heterocycles. The van der Waals surface area contributed by atoms with Gasteiger partial charge in [-0.05, 0) is 37.1 Å². The molecule has 0 aliphatic heterocycles. The SMILES string of the molecule is O=C(CCCNC(=O)c1ccc(Cl)cc1)OCCCC(=O)c1ccccc1. The average Bonchev–Trinajstić information content (AvgIpc) is 2.69. The topological polar surface area (TPSA) is 72.5 Å². The van der Waals surface area contributed by atoms with Crippen molar-refractivity contribution in [1.82, 2.24) is 5.32 Å². The lowest BCUT2D eigenvalue weighted by Crippen LogP contribution is -2.25. The molecule has 0 spiro atoms. The van der Waals surface area contributed by atoms with Crippen molar-refractivity contribution in [2.45, 2.75) is 25.7 Å². The molecule has 2 rings (SSSR count). The summed E-state index contributed by atoms with van der Waals surface area (Å²) in [6, 6.07) is 15.6. The van der Waals surface area contributed by atoms with Crippen LogP contribution in [0.4, 0.5) is 0 Å². The molecule has 142 valence electrons. The Morgan fingerprint density at radius 3 is 2.26 bits per heavy atom. The number of hydrogen-bond donors (Lipinski definition) is 1. The Kier molecular flexibility index (Phi) is 8.52. The van der Waals surface area contributed by atoms with E-state index in [4.69, 9.17) is 16.3 Å². The molecule has 0 aliphatic carbocycles. The predicted octanol–water partition coefficient (Wildman–Crippen LogP) is 4.06. The highest BCUT2D eigenvalue weighted by molar-refractivity contribution is 6.30. The summed E-state index contributed by atoms with van der Waals surface area (Å²) in [5, 5.41) is 3.31. The van der Waals surface area contributed by atoms with E-state index in [2.05, 4.69) is 5.32 Å². The van der Waals surface area contributed by atoms with Crippen molar-refractivity contribution in [1.29, 1.82) is 0 Å². The summed E-state index contributed by atoms with van der Waals surface area (Å²) in [5.41, 5.74) is 1.19. The van der Waals surface area contributed by atoms with Gasteiger partial charge in [-0.15, -0.1) is 0 Å². The Bertz CT molecular complexity index is 760. The van der Waals surface area contributed by atoms with Gasteiger partial charge in [-0.3, -0.25) is 14.4 Å². The molecule has 1 N–H and O–H groups in total. The number of nitrogens with one attached hydrogen (secondary N) is 1. The van der Waals surface area contributed by atoms with Gasteiger partial charge in [0.1, 0.15) is 0 Å². The van der Waals surface area contributed by atoms with Gasteiger partial charge in [-0.1, -0.05) is 41.9 Å². The van der Waals surface area contributed by atoms with Crippen molar-refractivity contribution in [2.75, 3.05) is 13.2 Å². The first-order valence-corrected chi connectivity index (χ1v) is 9.21. The standard InChI is InChI=1S/C21H22ClNO4/c22-18-12-10-17(11-13-18)21(26)23-14-4-9-20(25)27-15-5-8-19(24)16-6-2-1-3-7-16/h1-3,6-7,10-13H,4-5,8-9,14-15H2,(H,23,26). The highest BCUT2D eigenvalue weighted by Gasteiger charge is 2.08. The second-order valence-electron chi connectivity index (χ2n) is 5.98. The summed E-state index contributed by atoms with van der Waals surface area (Å²) in [5.74, 6) is -0.501. The number of hydrogen-bond acceptors (Lipinski definition) is 4. The highest BCUT2D eigenvalue weighted by Crippen LogP contribution is 2.09. The van der Waals surface area contributed by atoms with Crippen molar-refractivity contribution in [3.05, 3.63) is 70.7 Å². The van der Waals surface area contributed by atoms with Crippen LogP contribution in [0.2, 0.25) is 5.02 Å². The number of ether oxygens (including phenoxy) is 1. The lowest BCUT2D eigenvalue weighted by Gasteiger charge is -2.06. The van der Waals surface area contributed by atoms with Crippen molar-refractivity contribution in [3.63, 3.8) is 0 Å². The van der Waals surface area contributed by atoms with E-state index in [-0.39, 0.29) is 30.7 Å². The number of halogens is 1. The quantitative estimate of drug-likeness (QED) is 0.379. The molecule has 1 amide bonds. The van der Waals surface area contributed by atoms with Crippen LogP contribution < -0.4 is 5.32 Å². The van der Waals surface area contributed by atoms with Gasteiger partial charge >= 0.3 is 5.97 Å². The molecular weight excluding hydrogens is 366 g/mol. The smallest absolute Gasteiger partial charge is 0.305 e. The summed E-state index contributed by atoms with van der Waals surface area (Å²) in [6.45, 7) is 0.595. The zero-order valence-corrected chi connectivity index (χ0v) is 15.7. The van der Waals surface area contributed by atoms with Crippen LogP contribution in [0.5, 0.6) is 0 Å². The maximum atomic E-state index is 11.9.